The number of aromatic nitrogens is 1. The molecule has 1 saturated heterocycles. The minimum absolute atomic E-state index is 0.0538. The maximum absolute atomic E-state index is 12.3. The number of rotatable bonds is 4. The smallest absolute Gasteiger partial charge is 0.315 e. The van der Waals surface area contributed by atoms with Crippen molar-refractivity contribution in [2.45, 2.75) is 70.4 Å². The Hall–Kier alpha value is -1.82. The molecular formula is C22H34N4O2. The summed E-state index contributed by atoms with van der Waals surface area (Å²) >= 11 is 0. The van der Waals surface area contributed by atoms with E-state index >= 15 is 0 Å². The van der Waals surface area contributed by atoms with Crippen LogP contribution in [-0.2, 0) is 11.3 Å². The largest absolute Gasteiger partial charge is 0.378 e. The molecule has 6 heteroatoms. The van der Waals surface area contributed by atoms with Gasteiger partial charge in [0.25, 0.3) is 0 Å². The summed E-state index contributed by atoms with van der Waals surface area (Å²) in [6, 6.07) is 4.35. The average molecular weight is 387 g/mol. The third-order valence-corrected chi connectivity index (χ3v) is 6.89. The highest BCUT2D eigenvalue weighted by Gasteiger charge is 2.36. The topological polar surface area (TPSA) is 66.5 Å². The summed E-state index contributed by atoms with van der Waals surface area (Å²) in [6.45, 7) is 3.80. The van der Waals surface area contributed by atoms with Crippen molar-refractivity contribution in [2.75, 3.05) is 31.2 Å². The highest BCUT2D eigenvalue weighted by atomic mass is 16.5. The molecule has 2 saturated carbocycles. The molecule has 154 valence electrons. The number of carbonyl (C=O) groups excluding carboxylic acids is 1. The predicted molar refractivity (Wildman–Crippen MR) is 110 cm³/mol. The van der Waals surface area contributed by atoms with E-state index in [1.807, 2.05) is 18.3 Å². The number of nitrogens with one attached hydrogen (secondary N) is 2. The number of ether oxygens (including phenoxy) is 1. The monoisotopic (exact) mass is 386 g/mol. The van der Waals surface area contributed by atoms with Crippen LogP contribution in [-0.4, -0.2) is 43.4 Å². The van der Waals surface area contributed by atoms with Gasteiger partial charge in [0.1, 0.15) is 5.82 Å². The fourth-order valence-corrected chi connectivity index (χ4v) is 5.10. The van der Waals surface area contributed by atoms with Crippen LogP contribution in [0.4, 0.5) is 10.6 Å². The first kappa shape index (κ1) is 19.5. The van der Waals surface area contributed by atoms with Gasteiger partial charge in [-0.2, -0.15) is 0 Å². The minimum Gasteiger partial charge on any atom is -0.378 e. The van der Waals surface area contributed by atoms with Crippen LogP contribution < -0.4 is 15.5 Å². The Morgan fingerprint density at radius 3 is 2.54 bits per heavy atom. The number of amides is 2. The summed E-state index contributed by atoms with van der Waals surface area (Å²) in [5.74, 6) is 0.982. The number of carbonyl (C=O) groups is 1. The number of morpholine rings is 1. The fourth-order valence-electron chi connectivity index (χ4n) is 5.10. The molecule has 28 heavy (non-hydrogen) atoms. The lowest BCUT2D eigenvalue weighted by atomic mass is 9.64. The zero-order valence-electron chi connectivity index (χ0n) is 16.9. The predicted octanol–water partition coefficient (Wildman–Crippen LogP) is 3.61. The van der Waals surface area contributed by atoms with Crippen LogP contribution in [0.3, 0.4) is 0 Å². The van der Waals surface area contributed by atoms with Gasteiger partial charge in [-0.1, -0.05) is 25.3 Å². The Kier molecular flexibility index (Phi) is 6.35. The van der Waals surface area contributed by atoms with Crippen LogP contribution in [0.1, 0.15) is 63.4 Å². The number of hydrogen-bond acceptors (Lipinski definition) is 4. The number of urea groups is 1. The Morgan fingerprint density at radius 1 is 1.11 bits per heavy atom. The van der Waals surface area contributed by atoms with Crippen molar-refractivity contribution in [2.24, 2.45) is 5.41 Å². The van der Waals surface area contributed by atoms with Gasteiger partial charge in [0, 0.05) is 31.9 Å². The molecule has 0 bridgehead atoms. The molecule has 6 nitrogen and oxygen atoms in total. The van der Waals surface area contributed by atoms with Gasteiger partial charge < -0.3 is 20.3 Å². The van der Waals surface area contributed by atoms with Crippen molar-refractivity contribution < 1.29 is 9.53 Å². The molecule has 2 heterocycles. The van der Waals surface area contributed by atoms with Crippen LogP contribution in [0.5, 0.6) is 0 Å². The van der Waals surface area contributed by atoms with Crippen LogP contribution in [0, 0.1) is 5.41 Å². The summed E-state index contributed by atoms with van der Waals surface area (Å²) in [6.07, 6.45) is 13.7. The van der Waals surface area contributed by atoms with Gasteiger partial charge in [-0.05, 0) is 55.6 Å². The third kappa shape index (κ3) is 4.96. The third-order valence-electron chi connectivity index (χ3n) is 6.89. The molecule has 0 unspecified atom stereocenters. The molecule has 2 aliphatic carbocycles. The van der Waals surface area contributed by atoms with E-state index in [0.29, 0.717) is 18.0 Å². The molecule has 3 aliphatic rings. The summed E-state index contributed by atoms with van der Waals surface area (Å²) < 4.78 is 5.38. The van der Waals surface area contributed by atoms with Crippen molar-refractivity contribution in [3.05, 3.63) is 23.9 Å². The molecule has 0 radical (unpaired) electrons. The van der Waals surface area contributed by atoms with E-state index in [2.05, 4.69) is 20.5 Å². The van der Waals surface area contributed by atoms with Crippen molar-refractivity contribution in [3.8, 4) is 0 Å². The summed E-state index contributed by atoms with van der Waals surface area (Å²) in [7, 11) is 0. The first-order valence-electron chi connectivity index (χ1n) is 11.0. The lowest BCUT2D eigenvalue weighted by Crippen LogP contribution is -2.45. The van der Waals surface area contributed by atoms with Crippen molar-refractivity contribution in [1.29, 1.82) is 0 Å². The zero-order chi connectivity index (χ0) is 19.2. The van der Waals surface area contributed by atoms with Crippen molar-refractivity contribution in [3.63, 3.8) is 0 Å². The van der Waals surface area contributed by atoms with Gasteiger partial charge in [0.2, 0.25) is 0 Å². The number of anilines is 1. The van der Waals surface area contributed by atoms with E-state index in [1.54, 1.807) is 0 Å². The maximum Gasteiger partial charge on any atom is 0.315 e. The van der Waals surface area contributed by atoms with E-state index in [0.717, 1.165) is 50.5 Å². The highest BCUT2D eigenvalue weighted by Crippen LogP contribution is 2.47. The van der Waals surface area contributed by atoms with E-state index in [-0.39, 0.29) is 6.03 Å². The molecule has 2 N–H and O–H groups in total. The van der Waals surface area contributed by atoms with Gasteiger partial charge in [-0.15, -0.1) is 0 Å². The van der Waals surface area contributed by atoms with E-state index in [1.165, 1.54) is 44.9 Å². The van der Waals surface area contributed by atoms with E-state index in [4.69, 9.17) is 4.74 Å². The van der Waals surface area contributed by atoms with Crippen LogP contribution in [0.2, 0.25) is 0 Å². The van der Waals surface area contributed by atoms with Gasteiger partial charge in [-0.25, -0.2) is 9.78 Å². The molecule has 3 fully saturated rings. The molecule has 1 aromatic rings. The zero-order valence-corrected chi connectivity index (χ0v) is 16.9. The summed E-state index contributed by atoms with van der Waals surface area (Å²) in [5.41, 5.74) is 1.62. The van der Waals surface area contributed by atoms with Crippen LogP contribution >= 0.6 is 0 Å². The molecule has 0 aromatic carbocycles. The van der Waals surface area contributed by atoms with Crippen LogP contribution in [0.15, 0.2) is 18.3 Å². The highest BCUT2D eigenvalue weighted by molar-refractivity contribution is 5.74. The first-order chi connectivity index (χ1) is 13.7. The summed E-state index contributed by atoms with van der Waals surface area (Å²) in [5, 5.41) is 6.17. The molecular weight excluding hydrogens is 352 g/mol. The second-order valence-corrected chi connectivity index (χ2v) is 8.79. The molecule has 1 spiro atoms. The van der Waals surface area contributed by atoms with Gasteiger partial charge >= 0.3 is 6.03 Å². The first-order valence-corrected chi connectivity index (χ1v) is 11.0. The normalized spacial score (nSPS) is 22.8. The number of hydrogen-bond donors (Lipinski definition) is 2. The van der Waals surface area contributed by atoms with Crippen molar-refractivity contribution >= 4 is 11.8 Å². The summed E-state index contributed by atoms with van der Waals surface area (Å²) in [4.78, 5) is 19.1. The molecule has 1 aromatic heterocycles. The van der Waals surface area contributed by atoms with Gasteiger partial charge in [0.15, 0.2) is 0 Å². The maximum atomic E-state index is 12.3. The quantitative estimate of drug-likeness (QED) is 0.830. The van der Waals surface area contributed by atoms with E-state index < -0.39 is 0 Å². The molecule has 4 rings (SSSR count). The Balaban J connectivity index is 1.18. The number of pyridine rings is 1. The van der Waals surface area contributed by atoms with Crippen LogP contribution in [0.25, 0.3) is 0 Å². The average Bonchev–Trinajstić information content (AvgIpc) is 2.76. The van der Waals surface area contributed by atoms with Crippen molar-refractivity contribution in [1.82, 2.24) is 15.6 Å². The van der Waals surface area contributed by atoms with E-state index in [9.17, 15) is 4.79 Å². The molecule has 0 atom stereocenters. The van der Waals surface area contributed by atoms with Gasteiger partial charge in [-0.3, -0.25) is 0 Å². The van der Waals surface area contributed by atoms with Gasteiger partial charge in [0.05, 0.1) is 13.2 Å². The standard InChI is InChI=1S/C22H34N4O2/c27-21(25-19-6-10-22(11-7-19)8-2-1-3-9-22)24-17-18-4-5-20(23-16-18)26-12-14-28-15-13-26/h4-5,16,19H,1-3,6-15,17H2,(H2,24,25,27). The molecule has 2 amide bonds. The SMILES string of the molecule is O=C(NCc1ccc(N2CCOCC2)nc1)NC1CCC2(CCCCC2)CC1. The molecule has 1 aliphatic heterocycles. The number of nitrogens with zero attached hydrogens (tertiary/aromatic N) is 2. The second kappa shape index (κ2) is 9.12. The Bertz CT molecular complexity index is 626. The lowest BCUT2D eigenvalue weighted by Gasteiger charge is -2.43. The second-order valence-electron chi connectivity index (χ2n) is 8.79. The fraction of sp³-hybridized carbons (Fsp3) is 0.727. The lowest BCUT2D eigenvalue weighted by molar-refractivity contribution is 0.108. The Labute approximate surface area is 168 Å². The Morgan fingerprint density at radius 2 is 1.86 bits per heavy atom. The minimum atomic E-state index is -0.0538.